The molecule has 0 aliphatic rings. The number of thiophene rings is 1. The minimum atomic E-state index is -0.974. The van der Waals surface area contributed by atoms with Gasteiger partial charge in [0.05, 0.1) is 16.1 Å². The van der Waals surface area contributed by atoms with Gasteiger partial charge in [-0.2, -0.15) is 0 Å². The Labute approximate surface area is 129 Å². The molecule has 3 heterocycles. The molecular weight excluding hydrogens is 306 g/mol. The van der Waals surface area contributed by atoms with E-state index in [0.29, 0.717) is 5.69 Å². The van der Waals surface area contributed by atoms with Crippen molar-refractivity contribution < 1.29 is 9.90 Å². The van der Waals surface area contributed by atoms with E-state index >= 15 is 0 Å². The van der Waals surface area contributed by atoms with E-state index in [-0.39, 0.29) is 11.6 Å². The Balaban J connectivity index is 2.21. The molecule has 0 aliphatic carbocycles. The lowest BCUT2D eigenvalue weighted by atomic mass is 10.1. The maximum absolute atomic E-state index is 11.4. The van der Waals surface area contributed by atoms with E-state index in [1.807, 2.05) is 26.1 Å². The molecule has 0 radical (unpaired) electrons. The Morgan fingerprint density at radius 3 is 2.76 bits per heavy atom. The second kappa shape index (κ2) is 5.42. The topological polar surface area (TPSA) is 75.1 Å². The minimum Gasteiger partial charge on any atom is -0.478 e. The van der Waals surface area contributed by atoms with Crippen LogP contribution in [0.4, 0.5) is 5.69 Å². The Kier molecular flexibility index (Phi) is 3.60. The van der Waals surface area contributed by atoms with Crippen LogP contribution in [-0.4, -0.2) is 27.1 Å². The average Bonchev–Trinajstić information content (AvgIpc) is 3.06. The highest BCUT2D eigenvalue weighted by Gasteiger charge is 2.18. The number of aromatic nitrogens is 2. The van der Waals surface area contributed by atoms with Crippen molar-refractivity contribution in [2.45, 2.75) is 19.9 Å². The summed E-state index contributed by atoms with van der Waals surface area (Å²) in [4.78, 5) is 22.7. The summed E-state index contributed by atoms with van der Waals surface area (Å²) in [5, 5.41) is 13.4. The van der Waals surface area contributed by atoms with Crippen LogP contribution in [0.1, 0.15) is 24.2 Å². The van der Waals surface area contributed by atoms with Gasteiger partial charge < -0.3 is 10.4 Å². The van der Waals surface area contributed by atoms with E-state index in [2.05, 4.69) is 15.3 Å². The van der Waals surface area contributed by atoms with Crippen LogP contribution in [0.15, 0.2) is 24.0 Å². The summed E-state index contributed by atoms with van der Waals surface area (Å²) >= 11 is 3.10. The molecule has 0 unspecified atom stereocenters. The SMILES string of the molecule is CC(C)Nc1c(C(=O)O)cnc2sc(-c3cncs3)cc12. The molecule has 0 saturated carbocycles. The second-order valence-electron chi connectivity index (χ2n) is 4.85. The zero-order chi connectivity index (χ0) is 15.0. The summed E-state index contributed by atoms with van der Waals surface area (Å²) in [5.41, 5.74) is 2.61. The molecule has 2 N–H and O–H groups in total. The van der Waals surface area contributed by atoms with Gasteiger partial charge in [-0.15, -0.1) is 22.7 Å². The maximum Gasteiger partial charge on any atom is 0.339 e. The van der Waals surface area contributed by atoms with Crippen LogP contribution >= 0.6 is 22.7 Å². The molecule has 7 heteroatoms. The van der Waals surface area contributed by atoms with E-state index < -0.39 is 5.97 Å². The van der Waals surface area contributed by atoms with Crippen LogP contribution < -0.4 is 5.32 Å². The van der Waals surface area contributed by atoms with Gasteiger partial charge in [-0.1, -0.05) is 0 Å². The first kappa shape index (κ1) is 14.0. The number of carboxylic acid groups (broad SMARTS) is 1. The lowest BCUT2D eigenvalue weighted by Gasteiger charge is -2.13. The molecular formula is C14H13N3O2S2. The lowest BCUT2D eigenvalue weighted by Crippen LogP contribution is -2.14. The first-order chi connectivity index (χ1) is 10.1. The number of nitrogens with one attached hydrogen (secondary N) is 1. The smallest absolute Gasteiger partial charge is 0.339 e. The summed E-state index contributed by atoms with van der Waals surface area (Å²) in [6.45, 7) is 3.96. The third-order valence-corrected chi connectivity index (χ3v) is 4.91. The Morgan fingerprint density at radius 1 is 1.33 bits per heavy atom. The highest BCUT2D eigenvalue weighted by Crippen LogP contribution is 2.38. The Morgan fingerprint density at radius 2 is 2.14 bits per heavy atom. The number of carboxylic acids is 1. The van der Waals surface area contributed by atoms with Crippen LogP contribution in [0.25, 0.3) is 20.0 Å². The number of nitrogens with zero attached hydrogens (tertiary/aromatic N) is 2. The van der Waals surface area contributed by atoms with Gasteiger partial charge in [0.1, 0.15) is 10.4 Å². The van der Waals surface area contributed by atoms with Gasteiger partial charge >= 0.3 is 5.97 Å². The largest absolute Gasteiger partial charge is 0.478 e. The molecule has 0 amide bonds. The van der Waals surface area contributed by atoms with Crippen LogP contribution in [0, 0.1) is 0 Å². The van der Waals surface area contributed by atoms with Gasteiger partial charge in [0.2, 0.25) is 0 Å². The summed E-state index contributed by atoms with van der Waals surface area (Å²) < 4.78 is 0. The van der Waals surface area contributed by atoms with Crippen LogP contribution in [0.2, 0.25) is 0 Å². The van der Waals surface area contributed by atoms with E-state index in [0.717, 1.165) is 20.0 Å². The number of thiazole rings is 1. The summed E-state index contributed by atoms with van der Waals surface area (Å²) in [6, 6.07) is 2.12. The van der Waals surface area contributed by atoms with Gasteiger partial charge in [0, 0.05) is 28.7 Å². The quantitative estimate of drug-likeness (QED) is 0.762. The molecule has 108 valence electrons. The fourth-order valence-corrected chi connectivity index (χ4v) is 3.77. The molecule has 0 bridgehead atoms. The molecule has 21 heavy (non-hydrogen) atoms. The summed E-state index contributed by atoms with van der Waals surface area (Å²) in [7, 11) is 0. The number of aromatic carboxylic acids is 1. The average molecular weight is 319 g/mol. The maximum atomic E-state index is 11.4. The van der Waals surface area contributed by atoms with Crippen molar-refractivity contribution in [3.8, 4) is 9.75 Å². The third kappa shape index (κ3) is 2.62. The fraction of sp³-hybridized carbons (Fsp3) is 0.214. The van der Waals surface area contributed by atoms with Crippen molar-refractivity contribution in [1.29, 1.82) is 0 Å². The van der Waals surface area contributed by atoms with Crippen molar-refractivity contribution >= 4 is 44.5 Å². The number of carbonyl (C=O) groups is 1. The van der Waals surface area contributed by atoms with Crippen LogP contribution in [0.3, 0.4) is 0 Å². The molecule has 3 aromatic rings. The van der Waals surface area contributed by atoms with Crippen molar-refractivity contribution in [3.05, 3.63) is 29.5 Å². The molecule has 0 atom stereocenters. The van der Waals surface area contributed by atoms with E-state index in [4.69, 9.17) is 0 Å². The lowest BCUT2D eigenvalue weighted by molar-refractivity contribution is 0.0697. The Hall–Kier alpha value is -1.99. The fourth-order valence-electron chi connectivity index (χ4n) is 2.05. The normalized spacial score (nSPS) is 11.2. The number of hydrogen-bond donors (Lipinski definition) is 2. The molecule has 0 saturated heterocycles. The zero-order valence-corrected chi connectivity index (χ0v) is 13.1. The molecule has 5 nitrogen and oxygen atoms in total. The van der Waals surface area contributed by atoms with E-state index in [1.165, 1.54) is 6.20 Å². The monoisotopic (exact) mass is 319 g/mol. The van der Waals surface area contributed by atoms with Gasteiger partial charge in [-0.05, 0) is 19.9 Å². The molecule has 3 aromatic heterocycles. The van der Waals surface area contributed by atoms with Crippen LogP contribution in [0.5, 0.6) is 0 Å². The summed E-state index contributed by atoms with van der Waals surface area (Å²) in [5.74, 6) is -0.974. The van der Waals surface area contributed by atoms with Crippen molar-refractivity contribution in [3.63, 3.8) is 0 Å². The van der Waals surface area contributed by atoms with Crippen LogP contribution in [-0.2, 0) is 0 Å². The highest BCUT2D eigenvalue weighted by molar-refractivity contribution is 7.25. The molecule has 0 spiro atoms. The van der Waals surface area contributed by atoms with Gasteiger partial charge in [0.25, 0.3) is 0 Å². The number of anilines is 1. The van der Waals surface area contributed by atoms with Gasteiger partial charge in [0.15, 0.2) is 0 Å². The zero-order valence-electron chi connectivity index (χ0n) is 11.5. The van der Waals surface area contributed by atoms with Crippen molar-refractivity contribution in [1.82, 2.24) is 9.97 Å². The van der Waals surface area contributed by atoms with E-state index in [9.17, 15) is 9.90 Å². The second-order valence-corrected chi connectivity index (χ2v) is 6.76. The first-order valence-corrected chi connectivity index (χ1v) is 8.07. The Bertz CT molecular complexity index is 794. The standard InChI is InChI=1S/C14H13N3O2S2/c1-7(2)17-12-8-3-10(11-5-15-6-20-11)21-13(8)16-4-9(12)14(18)19/h3-7H,1-2H3,(H,16,17)(H,18,19). The molecule has 0 aliphatic heterocycles. The van der Waals surface area contributed by atoms with Gasteiger partial charge in [-0.3, -0.25) is 4.98 Å². The number of pyridine rings is 1. The molecule has 0 fully saturated rings. The van der Waals surface area contributed by atoms with Gasteiger partial charge in [-0.25, -0.2) is 9.78 Å². The highest BCUT2D eigenvalue weighted by atomic mass is 32.1. The minimum absolute atomic E-state index is 0.139. The molecule has 0 aromatic carbocycles. The van der Waals surface area contributed by atoms with E-state index in [1.54, 1.807) is 28.2 Å². The molecule has 3 rings (SSSR count). The third-order valence-electron chi connectivity index (χ3n) is 2.90. The first-order valence-electron chi connectivity index (χ1n) is 6.37. The van der Waals surface area contributed by atoms with Crippen molar-refractivity contribution in [2.24, 2.45) is 0 Å². The number of rotatable bonds is 4. The predicted molar refractivity (Wildman–Crippen MR) is 86.4 cm³/mol. The number of fused-ring (bicyclic) bond motifs is 1. The number of hydrogen-bond acceptors (Lipinski definition) is 6. The van der Waals surface area contributed by atoms with Crippen molar-refractivity contribution in [2.75, 3.05) is 5.32 Å². The predicted octanol–water partition coefficient (Wildman–Crippen LogP) is 3.94. The summed E-state index contributed by atoms with van der Waals surface area (Å²) in [6.07, 6.45) is 3.23.